The molecule has 0 rings (SSSR count). The van der Waals surface area contributed by atoms with Gasteiger partial charge in [0.15, 0.2) is 0 Å². The van der Waals surface area contributed by atoms with Crippen LogP contribution in [-0.4, -0.2) is 35.8 Å². The van der Waals surface area contributed by atoms with Gasteiger partial charge < -0.3 is 9.84 Å². The summed E-state index contributed by atoms with van der Waals surface area (Å²) in [6.07, 6.45) is -1.58. The van der Waals surface area contributed by atoms with E-state index in [1.54, 1.807) is 0 Å². The second-order valence-corrected chi connectivity index (χ2v) is 1.41. The molecule has 0 fully saturated rings. The number of ether oxygens (including phenoxy) is 1. The van der Waals surface area contributed by atoms with E-state index in [-0.39, 0.29) is 19.5 Å². The molecule has 0 amide bonds. The fourth-order valence-corrected chi connectivity index (χ4v) is 0.323. The molecule has 0 radical (unpaired) electrons. The van der Waals surface area contributed by atoms with E-state index in [0.717, 1.165) is 0 Å². The standard InChI is InChI=1S/C4H7NO5/c6-1-2-10-4(3-7)5(8)9/h3-4,6H,1-2H2. The second-order valence-electron chi connectivity index (χ2n) is 1.41. The van der Waals surface area contributed by atoms with Crippen molar-refractivity contribution in [1.82, 2.24) is 0 Å². The fourth-order valence-electron chi connectivity index (χ4n) is 0.323. The number of aldehydes is 1. The molecule has 6 heteroatoms. The Morgan fingerprint density at radius 3 is 2.70 bits per heavy atom. The minimum absolute atomic E-state index is 0.0651. The van der Waals surface area contributed by atoms with E-state index >= 15 is 0 Å². The van der Waals surface area contributed by atoms with E-state index in [0.29, 0.717) is 0 Å². The maximum Gasteiger partial charge on any atom is 0.372 e. The Morgan fingerprint density at radius 2 is 2.40 bits per heavy atom. The quantitative estimate of drug-likeness (QED) is 0.229. The normalized spacial score (nSPS) is 12.5. The Hall–Kier alpha value is -1.01. The van der Waals surface area contributed by atoms with Crippen molar-refractivity contribution in [3.63, 3.8) is 0 Å². The van der Waals surface area contributed by atoms with Crippen molar-refractivity contribution < 1.29 is 19.6 Å². The molecule has 0 aromatic rings. The van der Waals surface area contributed by atoms with Crippen molar-refractivity contribution in [3.05, 3.63) is 10.1 Å². The van der Waals surface area contributed by atoms with Gasteiger partial charge in [-0.1, -0.05) is 0 Å². The van der Waals surface area contributed by atoms with Crippen LogP contribution in [0.25, 0.3) is 0 Å². The molecular weight excluding hydrogens is 142 g/mol. The SMILES string of the molecule is O=CC(OCCO)[N+](=O)[O-]. The highest BCUT2D eigenvalue weighted by Gasteiger charge is 2.17. The van der Waals surface area contributed by atoms with Gasteiger partial charge in [-0.15, -0.1) is 0 Å². The molecule has 0 aliphatic carbocycles. The molecule has 0 heterocycles. The smallest absolute Gasteiger partial charge is 0.372 e. The summed E-state index contributed by atoms with van der Waals surface area (Å²) in [4.78, 5) is 18.7. The third-order valence-electron chi connectivity index (χ3n) is 0.704. The van der Waals surface area contributed by atoms with Crippen LogP contribution in [0.4, 0.5) is 0 Å². The minimum atomic E-state index is -1.65. The lowest BCUT2D eigenvalue weighted by atomic mass is 10.6. The van der Waals surface area contributed by atoms with Crippen molar-refractivity contribution in [1.29, 1.82) is 0 Å². The van der Waals surface area contributed by atoms with Gasteiger partial charge in [0.25, 0.3) is 0 Å². The molecular formula is C4H7NO5. The van der Waals surface area contributed by atoms with Crippen molar-refractivity contribution in [2.45, 2.75) is 6.23 Å². The van der Waals surface area contributed by atoms with Gasteiger partial charge in [0.05, 0.1) is 18.1 Å². The summed E-state index contributed by atoms with van der Waals surface area (Å²) >= 11 is 0. The Bertz CT molecular complexity index is 125. The van der Waals surface area contributed by atoms with Gasteiger partial charge in [0.2, 0.25) is 6.29 Å². The molecule has 1 N–H and O–H groups in total. The molecule has 0 aromatic heterocycles. The molecule has 10 heavy (non-hydrogen) atoms. The van der Waals surface area contributed by atoms with E-state index in [4.69, 9.17) is 5.11 Å². The van der Waals surface area contributed by atoms with Crippen LogP contribution < -0.4 is 0 Å². The van der Waals surface area contributed by atoms with Crippen LogP contribution in [0.1, 0.15) is 0 Å². The Labute approximate surface area is 56.6 Å². The summed E-state index contributed by atoms with van der Waals surface area (Å²) in [5.41, 5.74) is 0. The van der Waals surface area contributed by atoms with E-state index in [9.17, 15) is 14.9 Å². The lowest BCUT2D eigenvalue weighted by Gasteiger charge is -2.00. The summed E-state index contributed by atoms with van der Waals surface area (Å²) in [6.45, 7) is -0.539. The zero-order valence-electron chi connectivity index (χ0n) is 5.10. The highest BCUT2D eigenvalue weighted by atomic mass is 16.7. The van der Waals surface area contributed by atoms with Gasteiger partial charge in [0, 0.05) is 0 Å². The minimum Gasteiger partial charge on any atom is -0.394 e. The van der Waals surface area contributed by atoms with E-state index in [1.165, 1.54) is 0 Å². The first kappa shape index (κ1) is 8.99. The Balaban J connectivity index is 3.60. The van der Waals surface area contributed by atoms with Crippen LogP contribution in [0.2, 0.25) is 0 Å². The maximum atomic E-state index is 9.80. The summed E-state index contributed by atoms with van der Waals surface area (Å²) < 4.78 is 4.28. The van der Waals surface area contributed by atoms with Crippen LogP contribution >= 0.6 is 0 Å². The average molecular weight is 149 g/mol. The van der Waals surface area contributed by atoms with E-state index < -0.39 is 11.2 Å². The zero-order chi connectivity index (χ0) is 7.98. The average Bonchev–Trinajstić information content (AvgIpc) is 1.89. The Morgan fingerprint density at radius 1 is 1.80 bits per heavy atom. The molecule has 0 aromatic carbocycles. The van der Waals surface area contributed by atoms with Crippen molar-refractivity contribution in [3.8, 4) is 0 Å². The third-order valence-corrected chi connectivity index (χ3v) is 0.704. The topological polar surface area (TPSA) is 89.7 Å². The second kappa shape index (κ2) is 4.83. The summed E-state index contributed by atoms with van der Waals surface area (Å²) in [6, 6.07) is 0. The summed E-state index contributed by atoms with van der Waals surface area (Å²) in [5.74, 6) is 0. The Kier molecular flexibility index (Phi) is 4.34. The molecule has 0 aliphatic heterocycles. The number of carbonyl (C=O) groups is 1. The first-order valence-corrected chi connectivity index (χ1v) is 2.53. The van der Waals surface area contributed by atoms with Crippen molar-refractivity contribution >= 4 is 6.29 Å². The highest BCUT2D eigenvalue weighted by molar-refractivity contribution is 5.53. The summed E-state index contributed by atoms with van der Waals surface area (Å²) in [7, 11) is 0. The molecule has 1 atom stereocenters. The number of nitrogens with zero attached hydrogens (tertiary/aromatic N) is 1. The molecule has 58 valence electrons. The lowest BCUT2D eigenvalue weighted by molar-refractivity contribution is -0.556. The van der Waals surface area contributed by atoms with Gasteiger partial charge >= 0.3 is 6.23 Å². The molecule has 0 bridgehead atoms. The number of hydrogen-bond donors (Lipinski definition) is 1. The molecule has 0 aliphatic rings. The van der Waals surface area contributed by atoms with Gasteiger partial charge in [-0.05, 0) is 0 Å². The van der Waals surface area contributed by atoms with E-state index in [2.05, 4.69) is 4.74 Å². The molecule has 0 spiro atoms. The van der Waals surface area contributed by atoms with Gasteiger partial charge in [-0.3, -0.25) is 14.9 Å². The van der Waals surface area contributed by atoms with Gasteiger partial charge in [-0.25, -0.2) is 0 Å². The van der Waals surface area contributed by atoms with Crippen molar-refractivity contribution in [2.75, 3.05) is 13.2 Å². The number of carbonyl (C=O) groups excluding carboxylic acids is 1. The monoisotopic (exact) mass is 149 g/mol. The summed E-state index contributed by atoms with van der Waals surface area (Å²) in [5, 5.41) is 17.9. The number of nitro groups is 1. The van der Waals surface area contributed by atoms with Crippen LogP contribution in [0, 0.1) is 10.1 Å². The van der Waals surface area contributed by atoms with Gasteiger partial charge in [-0.2, -0.15) is 0 Å². The first-order valence-electron chi connectivity index (χ1n) is 2.53. The van der Waals surface area contributed by atoms with Crippen LogP contribution in [0.3, 0.4) is 0 Å². The van der Waals surface area contributed by atoms with Crippen LogP contribution in [-0.2, 0) is 9.53 Å². The predicted octanol–water partition coefficient (Wildman–Crippen LogP) is -1.20. The lowest BCUT2D eigenvalue weighted by Crippen LogP contribution is -2.25. The van der Waals surface area contributed by atoms with Crippen molar-refractivity contribution in [2.24, 2.45) is 0 Å². The van der Waals surface area contributed by atoms with E-state index in [1.807, 2.05) is 0 Å². The third kappa shape index (κ3) is 3.10. The molecule has 0 saturated heterocycles. The van der Waals surface area contributed by atoms with Crippen LogP contribution in [0.15, 0.2) is 0 Å². The number of aliphatic hydroxyl groups excluding tert-OH is 1. The first-order chi connectivity index (χ1) is 4.72. The molecule has 0 saturated carbocycles. The fraction of sp³-hybridized carbons (Fsp3) is 0.750. The zero-order valence-corrected chi connectivity index (χ0v) is 5.10. The van der Waals surface area contributed by atoms with Gasteiger partial charge in [0.1, 0.15) is 0 Å². The largest absolute Gasteiger partial charge is 0.394 e. The van der Waals surface area contributed by atoms with Crippen LogP contribution in [0.5, 0.6) is 0 Å². The highest BCUT2D eigenvalue weighted by Crippen LogP contribution is 1.86. The predicted molar refractivity (Wildman–Crippen MR) is 29.9 cm³/mol. The molecule has 1 unspecified atom stereocenters. The number of hydrogen-bond acceptors (Lipinski definition) is 5. The molecule has 6 nitrogen and oxygen atoms in total. The number of aliphatic hydroxyl groups is 1. The number of rotatable bonds is 5. The maximum absolute atomic E-state index is 9.80.